The minimum atomic E-state index is -0.384. The fourth-order valence-electron chi connectivity index (χ4n) is 1.86. The van der Waals surface area contributed by atoms with Crippen LogP contribution in [0, 0.1) is 11.3 Å². The van der Waals surface area contributed by atoms with E-state index in [0.29, 0.717) is 12.3 Å². The molecule has 0 heterocycles. The first kappa shape index (κ1) is 18.1. The smallest absolute Gasteiger partial charge is 0.306 e. The highest BCUT2D eigenvalue weighted by molar-refractivity contribution is 7.98. The van der Waals surface area contributed by atoms with E-state index in [1.54, 1.807) is 6.07 Å². The first-order chi connectivity index (χ1) is 10.6. The Balaban J connectivity index is 2.76. The second-order valence-corrected chi connectivity index (χ2v) is 5.38. The topological polar surface area (TPSA) is 70.4 Å². The van der Waals surface area contributed by atoms with E-state index < -0.39 is 0 Å². The van der Waals surface area contributed by atoms with Gasteiger partial charge in [0.1, 0.15) is 6.54 Å². The predicted molar refractivity (Wildman–Crippen MR) is 86.7 cm³/mol. The fraction of sp³-hybridized carbons (Fsp3) is 0.438. The van der Waals surface area contributed by atoms with Crippen LogP contribution in [0.5, 0.6) is 0 Å². The van der Waals surface area contributed by atoms with E-state index in [1.165, 1.54) is 16.7 Å². The van der Waals surface area contributed by atoms with Crippen LogP contribution in [0.1, 0.15) is 26.2 Å². The Bertz CT molecular complexity index is 555. The third kappa shape index (κ3) is 5.41. The molecule has 5 nitrogen and oxygen atoms in total. The molecule has 0 radical (unpaired) electrons. The highest BCUT2D eigenvalue weighted by atomic mass is 32.2. The molecule has 0 aliphatic carbocycles. The highest BCUT2D eigenvalue weighted by Gasteiger charge is 2.19. The number of thioether (sulfide) groups is 1. The molecule has 118 valence electrons. The van der Waals surface area contributed by atoms with Crippen molar-refractivity contribution in [2.24, 2.45) is 0 Å². The summed E-state index contributed by atoms with van der Waals surface area (Å²) in [5, 5.41) is 8.96. The third-order valence-electron chi connectivity index (χ3n) is 2.92. The van der Waals surface area contributed by atoms with Crippen molar-refractivity contribution in [1.82, 2.24) is 0 Å². The lowest BCUT2D eigenvalue weighted by Crippen LogP contribution is -2.32. The van der Waals surface area contributed by atoms with Gasteiger partial charge in [0, 0.05) is 11.3 Å². The molecule has 0 spiro atoms. The van der Waals surface area contributed by atoms with Crippen LogP contribution in [0.2, 0.25) is 0 Å². The summed E-state index contributed by atoms with van der Waals surface area (Å²) in [6.07, 6.45) is 2.73. The normalized spacial score (nSPS) is 9.86. The Morgan fingerprint density at radius 3 is 2.68 bits per heavy atom. The Hall–Kier alpha value is -2.00. The molecule has 0 saturated carbocycles. The lowest BCUT2D eigenvalue weighted by Gasteiger charge is -2.22. The average molecular weight is 320 g/mol. The molecular weight excluding hydrogens is 300 g/mol. The van der Waals surface area contributed by atoms with Crippen LogP contribution in [-0.4, -0.2) is 31.3 Å². The van der Waals surface area contributed by atoms with Gasteiger partial charge in [-0.15, -0.1) is 11.8 Å². The monoisotopic (exact) mass is 320 g/mol. The molecular formula is C16H20N2O3S. The summed E-state index contributed by atoms with van der Waals surface area (Å²) in [6.45, 7) is 2.23. The summed E-state index contributed by atoms with van der Waals surface area (Å²) < 4.78 is 4.95. The molecule has 6 heteroatoms. The second-order valence-electron chi connectivity index (χ2n) is 4.53. The zero-order chi connectivity index (χ0) is 16.4. The molecule has 22 heavy (non-hydrogen) atoms. The predicted octanol–water partition coefficient (Wildman–Crippen LogP) is 3.00. The van der Waals surface area contributed by atoms with E-state index in [4.69, 9.17) is 10.00 Å². The molecule has 1 aromatic rings. The van der Waals surface area contributed by atoms with Gasteiger partial charge in [-0.3, -0.25) is 14.5 Å². The number of ether oxygens (including phenoxy) is 1. The van der Waals surface area contributed by atoms with E-state index in [9.17, 15) is 9.59 Å². The molecule has 1 aromatic carbocycles. The maximum absolute atomic E-state index is 12.3. The molecule has 0 aliphatic heterocycles. The van der Waals surface area contributed by atoms with Crippen molar-refractivity contribution >= 4 is 29.3 Å². The molecule has 0 aromatic heterocycles. The van der Waals surface area contributed by atoms with Crippen molar-refractivity contribution in [2.75, 3.05) is 24.3 Å². The quantitative estimate of drug-likeness (QED) is 0.418. The molecule has 0 saturated heterocycles. The Morgan fingerprint density at radius 2 is 2.05 bits per heavy atom. The number of carbonyl (C=O) groups excluding carboxylic acids is 2. The SMILES string of the molecule is CCCOC(=O)CCC(=O)N(CC#N)c1ccccc1SC. The molecule has 1 amide bonds. The van der Waals surface area contributed by atoms with Gasteiger partial charge in [-0.25, -0.2) is 0 Å². The summed E-state index contributed by atoms with van der Waals surface area (Å²) in [7, 11) is 0. The number of hydrogen-bond donors (Lipinski definition) is 0. The van der Waals surface area contributed by atoms with Crippen LogP contribution in [0.15, 0.2) is 29.2 Å². The number of amides is 1. The molecule has 0 bridgehead atoms. The largest absolute Gasteiger partial charge is 0.466 e. The van der Waals surface area contributed by atoms with Gasteiger partial charge in [-0.05, 0) is 24.8 Å². The van der Waals surface area contributed by atoms with Gasteiger partial charge in [0.25, 0.3) is 0 Å². The number of esters is 1. The number of anilines is 1. The molecule has 1 rings (SSSR count). The number of rotatable bonds is 8. The first-order valence-electron chi connectivity index (χ1n) is 7.10. The molecule has 0 fully saturated rings. The molecule has 0 atom stereocenters. The Morgan fingerprint density at radius 1 is 1.32 bits per heavy atom. The van der Waals surface area contributed by atoms with Crippen molar-refractivity contribution < 1.29 is 14.3 Å². The van der Waals surface area contributed by atoms with Crippen molar-refractivity contribution in [3.8, 4) is 6.07 Å². The number of nitrogens with zero attached hydrogens (tertiary/aromatic N) is 2. The lowest BCUT2D eigenvalue weighted by atomic mass is 10.2. The van der Waals surface area contributed by atoms with Gasteiger partial charge in [0.2, 0.25) is 5.91 Å². The zero-order valence-electron chi connectivity index (χ0n) is 12.9. The number of benzene rings is 1. The van der Waals surface area contributed by atoms with Gasteiger partial charge >= 0.3 is 5.97 Å². The average Bonchev–Trinajstić information content (AvgIpc) is 2.55. The van der Waals surface area contributed by atoms with Crippen LogP contribution in [0.3, 0.4) is 0 Å². The van der Waals surface area contributed by atoms with E-state index in [0.717, 1.165) is 11.3 Å². The van der Waals surface area contributed by atoms with Crippen molar-refractivity contribution in [2.45, 2.75) is 31.1 Å². The number of nitriles is 1. The fourth-order valence-corrected chi connectivity index (χ4v) is 2.47. The van der Waals surface area contributed by atoms with Gasteiger partial charge < -0.3 is 4.74 Å². The van der Waals surface area contributed by atoms with Crippen LogP contribution < -0.4 is 4.90 Å². The van der Waals surface area contributed by atoms with Crippen LogP contribution in [-0.2, 0) is 14.3 Å². The second kappa shape index (κ2) is 9.85. The van der Waals surface area contributed by atoms with Gasteiger partial charge in [0.15, 0.2) is 0 Å². The van der Waals surface area contributed by atoms with E-state index in [-0.39, 0.29) is 31.3 Å². The van der Waals surface area contributed by atoms with E-state index in [2.05, 4.69) is 0 Å². The summed E-state index contributed by atoms with van der Waals surface area (Å²) in [6, 6.07) is 9.40. The lowest BCUT2D eigenvalue weighted by molar-refractivity contribution is -0.144. The van der Waals surface area contributed by atoms with Crippen molar-refractivity contribution in [1.29, 1.82) is 5.26 Å². The minimum absolute atomic E-state index is 0.0300. The summed E-state index contributed by atoms with van der Waals surface area (Å²) in [5.41, 5.74) is 0.698. The zero-order valence-corrected chi connectivity index (χ0v) is 13.7. The van der Waals surface area contributed by atoms with Gasteiger partial charge in [0.05, 0.1) is 24.8 Å². The number of carbonyl (C=O) groups is 2. The van der Waals surface area contributed by atoms with Gasteiger partial charge in [-0.2, -0.15) is 5.26 Å². The van der Waals surface area contributed by atoms with Gasteiger partial charge in [-0.1, -0.05) is 19.1 Å². The Labute approximate surface area is 135 Å². The van der Waals surface area contributed by atoms with Crippen molar-refractivity contribution in [3.05, 3.63) is 24.3 Å². The third-order valence-corrected chi connectivity index (χ3v) is 3.70. The van der Waals surface area contributed by atoms with Crippen molar-refractivity contribution in [3.63, 3.8) is 0 Å². The maximum atomic E-state index is 12.3. The number of para-hydroxylation sites is 1. The van der Waals surface area contributed by atoms with E-state index >= 15 is 0 Å². The first-order valence-corrected chi connectivity index (χ1v) is 8.32. The number of hydrogen-bond acceptors (Lipinski definition) is 5. The van der Waals surface area contributed by atoms with Crippen LogP contribution in [0.25, 0.3) is 0 Å². The highest BCUT2D eigenvalue weighted by Crippen LogP contribution is 2.28. The molecule has 0 unspecified atom stereocenters. The summed E-state index contributed by atoms with van der Waals surface area (Å²) in [5.74, 6) is -0.637. The van der Waals surface area contributed by atoms with Crippen LogP contribution >= 0.6 is 11.8 Å². The molecule has 0 N–H and O–H groups in total. The summed E-state index contributed by atoms with van der Waals surface area (Å²) >= 11 is 1.51. The standard InChI is InChI=1S/C16H20N2O3S/c1-3-12-21-16(20)9-8-15(19)18(11-10-17)13-6-4-5-7-14(13)22-2/h4-7H,3,8-9,11-12H2,1-2H3. The maximum Gasteiger partial charge on any atom is 0.306 e. The Kier molecular flexibility index (Phi) is 8.08. The molecule has 0 aliphatic rings. The van der Waals surface area contributed by atoms with Crippen LogP contribution in [0.4, 0.5) is 5.69 Å². The summed E-state index contributed by atoms with van der Waals surface area (Å²) in [4.78, 5) is 26.2. The minimum Gasteiger partial charge on any atom is -0.466 e. The van der Waals surface area contributed by atoms with E-state index in [1.807, 2.05) is 37.4 Å².